The number of hydrogen-bond acceptors (Lipinski definition) is 4. The minimum absolute atomic E-state index is 0.129. The van der Waals surface area contributed by atoms with Gasteiger partial charge in [0.2, 0.25) is 5.91 Å². The third-order valence-electron chi connectivity index (χ3n) is 3.09. The van der Waals surface area contributed by atoms with Crippen LogP contribution in [0.2, 0.25) is 0 Å². The van der Waals surface area contributed by atoms with E-state index in [1.807, 2.05) is 0 Å². The predicted molar refractivity (Wildman–Crippen MR) is 63.5 cm³/mol. The maximum Gasteiger partial charge on any atom is 0.267 e. The van der Waals surface area contributed by atoms with Crippen molar-refractivity contribution >= 4 is 17.5 Å². The van der Waals surface area contributed by atoms with Crippen molar-refractivity contribution < 1.29 is 9.59 Å². The molecule has 3 N–H and O–H groups in total. The molecule has 0 bridgehead atoms. The Morgan fingerprint density at radius 2 is 2.29 bits per heavy atom. The van der Waals surface area contributed by atoms with Crippen molar-refractivity contribution in [1.82, 2.24) is 16.1 Å². The Labute approximate surface area is 100 Å². The Bertz CT molecular complexity index is 334. The SMILES string of the molecule is O=C1CCC(C(=O)NCC2CCCCN2)=NN1. The highest BCUT2D eigenvalue weighted by Gasteiger charge is 2.19. The molecule has 2 heterocycles. The summed E-state index contributed by atoms with van der Waals surface area (Å²) in [7, 11) is 0. The van der Waals surface area contributed by atoms with Crippen molar-refractivity contribution in [3.8, 4) is 0 Å². The second kappa shape index (κ2) is 5.77. The van der Waals surface area contributed by atoms with Gasteiger partial charge in [-0.2, -0.15) is 5.10 Å². The van der Waals surface area contributed by atoms with Crippen molar-refractivity contribution in [3.63, 3.8) is 0 Å². The fourth-order valence-electron chi connectivity index (χ4n) is 2.05. The van der Waals surface area contributed by atoms with E-state index in [2.05, 4.69) is 21.2 Å². The van der Waals surface area contributed by atoms with Crippen LogP contribution < -0.4 is 16.1 Å². The van der Waals surface area contributed by atoms with Crippen LogP contribution in [-0.2, 0) is 9.59 Å². The van der Waals surface area contributed by atoms with Gasteiger partial charge in [-0.1, -0.05) is 6.42 Å². The molecule has 0 spiro atoms. The molecule has 0 radical (unpaired) electrons. The molecule has 1 fully saturated rings. The number of rotatable bonds is 3. The molecule has 17 heavy (non-hydrogen) atoms. The predicted octanol–water partition coefficient (Wildman–Crippen LogP) is -0.489. The Morgan fingerprint density at radius 3 is 2.94 bits per heavy atom. The zero-order valence-electron chi connectivity index (χ0n) is 9.79. The molecular formula is C11H18N4O2. The van der Waals surface area contributed by atoms with Crippen molar-refractivity contribution in [2.24, 2.45) is 5.10 Å². The van der Waals surface area contributed by atoms with Crippen LogP contribution in [0.3, 0.4) is 0 Å². The lowest BCUT2D eigenvalue weighted by molar-refractivity contribution is -0.121. The molecule has 2 aliphatic heterocycles. The van der Waals surface area contributed by atoms with Crippen LogP contribution in [0.1, 0.15) is 32.1 Å². The number of amides is 2. The maximum absolute atomic E-state index is 11.7. The first kappa shape index (κ1) is 12.0. The number of hydrogen-bond donors (Lipinski definition) is 3. The molecule has 2 amide bonds. The second-order valence-corrected chi connectivity index (χ2v) is 4.45. The summed E-state index contributed by atoms with van der Waals surface area (Å²) in [5.41, 5.74) is 2.74. The molecular weight excluding hydrogens is 220 g/mol. The third-order valence-corrected chi connectivity index (χ3v) is 3.09. The molecule has 2 rings (SSSR count). The summed E-state index contributed by atoms with van der Waals surface area (Å²) in [6, 6.07) is 0.367. The van der Waals surface area contributed by atoms with Gasteiger partial charge in [0.25, 0.3) is 5.91 Å². The van der Waals surface area contributed by atoms with Gasteiger partial charge in [0.05, 0.1) is 0 Å². The van der Waals surface area contributed by atoms with Gasteiger partial charge in [-0.3, -0.25) is 9.59 Å². The molecule has 1 atom stereocenters. The van der Waals surface area contributed by atoms with Crippen LogP contribution in [0.25, 0.3) is 0 Å². The van der Waals surface area contributed by atoms with Gasteiger partial charge < -0.3 is 10.6 Å². The number of piperidine rings is 1. The van der Waals surface area contributed by atoms with E-state index in [0.717, 1.165) is 13.0 Å². The normalized spacial score (nSPS) is 24.8. The topological polar surface area (TPSA) is 82.6 Å². The summed E-state index contributed by atoms with van der Waals surface area (Å²) in [5, 5.41) is 9.97. The zero-order chi connectivity index (χ0) is 12.1. The largest absolute Gasteiger partial charge is 0.349 e. The van der Waals surface area contributed by atoms with Crippen LogP contribution in [0.4, 0.5) is 0 Å². The first-order valence-corrected chi connectivity index (χ1v) is 6.12. The van der Waals surface area contributed by atoms with E-state index in [1.54, 1.807) is 0 Å². The van der Waals surface area contributed by atoms with Crippen molar-refractivity contribution in [2.75, 3.05) is 13.1 Å². The molecule has 2 aliphatic rings. The van der Waals surface area contributed by atoms with Crippen LogP contribution in [0.15, 0.2) is 5.10 Å². The Morgan fingerprint density at radius 1 is 1.41 bits per heavy atom. The minimum atomic E-state index is -0.169. The third kappa shape index (κ3) is 3.52. The van der Waals surface area contributed by atoms with Crippen molar-refractivity contribution in [3.05, 3.63) is 0 Å². The quantitative estimate of drug-likeness (QED) is 0.620. The highest BCUT2D eigenvalue weighted by atomic mass is 16.2. The number of carbonyl (C=O) groups is 2. The molecule has 1 unspecified atom stereocenters. The van der Waals surface area contributed by atoms with E-state index in [4.69, 9.17) is 0 Å². The second-order valence-electron chi connectivity index (χ2n) is 4.45. The fourth-order valence-corrected chi connectivity index (χ4v) is 2.05. The molecule has 0 aliphatic carbocycles. The van der Waals surface area contributed by atoms with Crippen LogP contribution in [-0.4, -0.2) is 36.7 Å². The first-order valence-electron chi connectivity index (χ1n) is 6.12. The Balaban J connectivity index is 1.75. The van der Waals surface area contributed by atoms with Gasteiger partial charge in [-0.25, -0.2) is 5.43 Å². The monoisotopic (exact) mass is 238 g/mol. The Kier molecular flexibility index (Phi) is 4.08. The number of nitrogens with zero attached hydrogens (tertiary/aromatic N) is 1. The molecule has 6 nitrogen and oxygen atoms in total. The van der Waals surface area contributed by atoms with E-state index < -0.39 is 0 Å². The van der Waals surface area contributed by atoms with E-state index in [9.17, 15) is 9.59 Å². The standard InChI is InChI=1S/C11H18N4O2/c16-10-5-4-9(14-15-10)11(17)13-7-8-3-1-2-6-12-8/h8,12H,1-7H2,(H,13,17)(H,15,16). The average molecular weight is 238 g/mol. The van der Waals surface area contributed by atoms with Crippen molar-refractivity contribution in [1.29, 1.82) is 0 Å². The molecule has 0 aromatic carbocycles. The summed E-state index contributed by atoms with van der Waals surface area (Å²) >= 11 is 0. The van der Waals surface area contributed by atoms with Gasteiger partial charge in [0.15, 0.2) is 0 Å². The lowest BCUT2D eigenvalue weighted by Crippen LogP contribution is -2.46. The molecule has 0 aromatic heterocycles. The summed E-state index contributed by atoms with van der Waals surface area (Å²) in [5.74, 6) is -0.298. The van der Waals surface area contributed by atoms with Gasteiger partial charge in [0, 0.05) is 25.4 Å². The minimum Gasteiger partial charge on any atom is -0.349 e. The van der Waals surface area contributed by atoms with Crippen LogP contribution in [0, 0.1) is 0 Å². The van der Waals surface area contributed by atoms with Crippen molar-refractivity contribution in [2.45, 2.75) is 38.1 Å². The number of nitrogens with one attached hydrogen (secondary N) is 3. The van der Waals surface area contributed by atoms with Gasteiger partial charge >= 0.3 is 0 Å². The lowest BCUT2D eigenvalue weighted by Gasteiger charge is -2.23. The van der Waals surface area contributed by atoms with Gasteiger partial charge in [-0.15, -0.1) is 0 Å². The molecule has 0 aromatic rings. The molecule has 1 saturated heterocycles. The first-order chi connectivity index (χ1) is 8.25. The molecule has 6 heteroatoms. The molecule has 94 valence electrons. The van der Waals surface area contributed by atoms with E-state index in [0.29, 0.717) is 31.1 Å². The highest BCUT2D eigenvalue weighted by Crippen LogP contribution is 2.06. The summed E-state index contributed by atoms with van der Waals surface area (Å²) in [4.78, 5) is 22.6. The smallest absolute Gasteiger partial charge is 0.267 e. The Hall–Kier alpha value is -1.43. The average Bonchev–Trinajstić information content (AvgIpc) is 2.38. The summed E-state index contributed by atoms with van der Waals surface area (Å²) < 4.78 is 0. The summed E-state index contributed by atoms with van der Waals surface area (Å²) in [6.07, 6.45) is 4.29. The van der Waals surface area contributed by atoms with Crippen LogP contribution >= 0.6 is 0 Å². The van der Waals surface area contributed by atoms with E-state index in [-0.39, 0.29) is 11.8 Å². The van der Waals surface area contributed by atoms with Gasteiger partial charge in [0.1, 0.15) is 5.71 Å². The number of hydrazone groups is 1. The lowest BCUT2D eigenvalue weighted by atomic mass is 10.0. The van der Waals surface area contributed by atoms with Crippen LogP contribution in [0.5, 0.6) is 0 Å². The van der Waals surface area contributed by atoms with Gasteiger partial charge in [-0.05, 0) is 19.4 Å². The number of carbonyl (C=O) groups excluding carboxylic acids is 2. The van der Waals surface area contributed by atoms with E-state index >= 15 is 0 Å². The van der Waals surface area contributed by atoms with E-state index in [1.165, 1.54) is 12.8 Å². The summed E-state index contributed by atoms with van der Waals surface area (Å²) in [6.45, 7) is 1.66. The molecule has 0 saturated carbocycles. The fraction of sp³-hybridized carbons (Fsp3) is 0.727. The highest BCUT2D eigenvalue weighted by molar-refractivity contribution is 6.39. The maximum atomic E-state index is 11.7. The zero-order valence-corrected chi connectivity index (χ0v) is 9.79.